The van der Waals surface area contributed by atoms with Crippen molar-refractivity contribution >= 4 is 10.0 Å². The molecule has 3 atom stereocenters. The van der Waals surface area contributed by atoms with Gasteiger partial charge in [-0.15, -0.1) is 0 Å². The molecule has 0 radical (unpaired) electrons. The average Bonchev–Trinajstić information content (AvgIpc) is 2.98. The molecule has 0 spiro atoms. The second kappa shape index (κ2) is 4.74. The molecule has 3 aliphatic heterocycles. The largest absolute Gasteiger partial charge is 0.315 e. The minimum atomic E-state index is -3.11. The third-order valence-electron chi connectivity index (χ3n) is 4.64. The van der Waals surface area contributed by atoms with E-state index in [1.54, 1.807) is 4.31 Å². The summed E-state index contributed by atoms with van der Waals surface area (Å²) in [6.45, 7) is 6.27. The van der Waals surface area contributed by atoms with E-state index in [4.69, 9.17) is 0 Å². The molecular formula is C12H23N3O2S. The van der Waals surface area contributed by atoms with E-state index < -0.39 is 10.0 Å². The summed E-state index contributed by atoms with van der Waals surface area (Å²) in [5, 5.41) is 2.96. The Balaban J connectivity index is 1.78. The fourth-order valence-corrected chi connectivity index (χ4v) is 5.66. The molecule has 3 fully saturated rings. The number of fused-ring (bicyclic) bond motifs is 1. The van der Waals surface area contributed by atoms with Crippen molar-refractivity contribution in [2.75, 3.05) is 32.7 Å². The molecule has 0 aromatic carbocycles. The number of sulfonamides is 1. The highest BCUT2D eigenvalue weighted by Crippen LogP contribution is 2.28. The van der Waals surface area contributed by atoms with Crippen molar-refractivity contribution < 1.29 is 8.42 Å². The Labute approximate surface area is 110 Å². The first-order valence-corrected chi connectivity index (χ1v) is 8.55. The molecule has 0 aliphatic carbocycles. The summed E-state index contributed by atoms with van der Waals surface area (Å²) in [6, 6.07) is 0.593. The predicted octanol–water partition coefficient (Wildman–Crippen LogP) is -0.153. The summed E-state index contributed by atoms with van der Waals surface area (Å²) < 4.78 is 27.1. The van der Waals surface area contributed by atoms with E-state index in [9.17, 15) is 8.42 Å². The Morgan fingerprint density at radius 1 is 1.22 bits per heavy atom. The Morgan fingerprint density at radius 3 is 2.78 bits per heavy atom. The van der Waals surface area contributed by atoms with Crippen LogP contribution >= 0.6 is 0 Å². The van der Waals surface area contributed by atoms with Crippen LogP contribution in [0, 0.1) is 0 Å². The average molecular weight is 273 g/mol. The molecular weight excluding hydrogens is 250 g/mol. The van der Waals surface area contributed by atoms with Crippen LogP contribution in [-0.2, 0) is 10.0 Å². The van der Waals surface area contributed by atoms with E-state index in [0.717, 1.165) is 32.5 Å². The maximum Gasteiger partial charge on any atom is 0.218 e. The number of piperazine rings is 1. The zero-order valence-corrected chi connectivity index (χ0v) is 11.8. The van der Waals surface area contributed by atoms with Gasteiger partial charge >= 0.3 is 0 Å². The van der Waals surface area contributed by atoms with Crippen LogP contribution < -0.4 is 5.32 Å². The van der Waals surface area contributed by atoms with E-state index in [1.807, 2.05) is 0 Å². The lowest BCUT2D eigenvalue weighted by Gasteiger charge is -2.42. The monoisotopic (exact) mass is 273 g/mol. The van der Waals surface area contributed by atoms with E-state index in [2.05, 4.69) is 17.1 Å². The molecule has 0 aromatic rings. The maximum atomic E-state index is 12.7. The lowest BCUT2D eigenvalue weighted by atomic mass is 10.1. The van der Waals surface area contributed by atoms with Gasteiger partial charge in [0.05, 0.1) is 5.25 Å². The molecule has 6 heteroatoms. The third kappa shape index (κ3) is 2.09. The zero-order valence-electron chi connectivity index (χ0n) is 11.0. The van der Waals surface area contributed by atoms with Crippen molar-refractivity contribution in [1.29, 1.82) is 0 Å². The van der Waals surface area contributed by atoms with Crippen molar-refractivity contribution in [3.05, 3.63) is 0 Å². The first-order valence-electron chi connectivity index (χ1n) is 7.04. The highest BCUT2D eigenvalue weighted by molar-refractivity contribution is 7.89. The molecule has 18 heavy (non-hydrogen) atoms. The minimum Gasteiger partial charge on any atom is -0.315 e. The molecule has 3 aliphatic rings. The summed E-state index contributed by atoms with van der Waals surface area (Å²) in [7, 11) is -3.11. The van der Waals surface area contributed by atoms with E-state index >= 15 is 0 Å². The summed E-state index contributed by atoms with van der Waals surface area (Å²) in [6.07, 6.45) is 3.14. The van der Waals surface area contributed by atoms with Crippen LogP contribution in [0.3, 0.4) is 0 Å². The Morgan fingerprint density at radius 2 is 2.06 bits per heavy atom. The predicted molar refractivity (Wildman–Crippen MR) is 71.0 cm³/mol. The molecule has 3 rings (SSSR count). The lowest BCUT2D eigenvalue weighted by molar-refractivity contribution is 0.116. The third-order valence-corrected chi connectivity index (χ3v) is 7.05. The van der Waals surface area contributed by atoms with Gasteiger partial charge in [-0.1, -0.05) is 0 Å². The van der Waals surface area contributed by atoms with Gasteiger partial charge in [-0.3, -0.25) is 4.90 Å². The van der Waals surface area contributed by atoms with Crippen LogP contribution in [-0.4, -0.2) is 67.7 Å². The SMILES string of the molecule is CC1CN2CCCC2CN1S(=O)(=O)C1CCNC1. The maximum absolute atomic E-state index is 12.7. The van der Waals surface area contributed by atoms with Crippen molar-refractivity contribution in [3.8, 4) is 0 Å². The van der Waals surface area contributed by atoms with Gasteiger partial charge < -0.3 is 5.32 Å². The number of rotatable bonds is 2. The standard InChI is InChI=1S/C12H23N3O2S/c1-10-8-14-6-2-3-11(14)9-15(10)18(16,17)12-4-5-13-7-12/h10-13H,2-9H2,1H3. The van der Waals surface area contributed by atoms with Crippen LogP contribution in [0.1, 0.15) is 26.2 Å². The number of nitrogens with one attached hydrogen (secondary N) is 1. The van der Waals surface area contributed by atoms with Gasteiger partial charge in [0, 0.05) is 31.7 Å². The van der Waals surface area contributed by atoms with Crippen molar-refractivity contribution in [2.45, 2.75) is 43.5 Å². The minimum absolute atomic E-state index is 0.130. The molecule has 0 aromatic heterocycles. The molecule has 0 amide bonds. The lowest BCUT2D eigenvalue weighted by Crippen LogP contribution is -2.58. The molecule has 104 valence electrons. The van der Waals surface area contributed by atoms with Gasteiger partial charge in [-0.05, 0) is 39.3 Å². The van der Waals surface area contributed by atoms with Gasteiger partial charge in [0.25, 0.3) is 0 Å². The normalized spacial score (nSPS) is 39.1. The second-order valence-electron chi connectivity index (χ2n) is 5.87. The molecule has 3 saturated heterocycles. The van der Waals surface area contributed by atoms with Gasteiger partial charge in [-0.25, -0.2) is 8.42 Å². The molecule has 5 nitrogen and oxygen atoms in total. The van der Waals surface area contributed by atoms with Crippen LogP contribution in [0.25, 0.3) is 0 Å². The van der Waals surface area contributed by atoms with Gasteiger partial charge in [0.15, 0.2) is 0 Å². The van der Waals surface area contributed by atoms with Gasteiger partial charge in [0.2, 0.25) is 10.0 Å². The topological polar surface area (TPSA) is 52.7 Å². The molecule has 0 saturated carbocycles. The Bertz CT molecular complexity index is 406. The number of hydrogen-bond donors (Lipinski definition) is 1. The Kier molecular flexibility index (Phi) is 3.38. The summed E-state index contributed by atoms with van der Waals surface area (Å²) in [4.78, 5) is 2.46. The van der Waals surface area contributed by atoms with Gasteiger partial charge in [-0.2, -0.15) is 4.31 Å². The fraction of sp³-hybridized carbons (Fsp3) is 1.00. The van der Waals surface area contributed by atoms with Crippen molar-refractivity contribution in [3.63, 3.8) is 0 Å². The van der Waals surface area contributed by atoms with Crippen molar-refractivity contribution in [2.24, 2.45) is 0 Å². The zero-order chi connectivity index (χ0) is 12.8. The van der Waals surface area contributed by atoms with Crippen LogP contribution in [0.5, 0.6) is 0 Å². The molecule has 3 heterocycles. The summed E-state index contributed by atoms with van der Waals surface area (Å²) in [5.41, 5.74) is 0. The van der Waals surface area contributed by atoms with E-state index in [0.29, 0.717) is 19.1 Å². The second-order valence-corrected chi connectivity index (χ2v) is 8.04. The van der Waals surface area contributed by atoms with E-state index in [1.165, 1.54) is 6.42 Å². The first-order chi connectivity index (χ1) is 8.59. The highest BCUT2D eigenvalue weighted by atomic mass is 32.2. The van der Waals surface area contributed by atoms with Crippen LogP contribution in [0.4, 0.5) is 0 Å². The smallest absolute Gasteiger partial charge is 0.218 e. The number of nitrogens with zero attached hydrogens (tertiary/aromatic N) is 2. The van der Waals surface area contributed by atoms with Crippen LogP contribution in [0.2, 0.25) is 0 Å². The Hall–Kier alpha value is -0.170. The molecule has 0 bridgehead atoms. The fourth-order valence-electron chi connectivity index (χ4n) is 3.59. The number of hydrogen-bond acceptors (Lipinski definition) is 4. The molecule has 3 unspecified atom stereocenters. The van der Waals surface area contributed by atoms with Gasteiger partial charge in [0.1, 0.15) is 0 Å². The highest BCUT2D eigenvalue weighted by Gasteiger charge is 2.43. The van der Waals surface area contributed by atoms with Crippen LogP contribution in [0.15, 0.2) is 0 Å². The molecule has 1 N–H and O–H groups in total. The summed E-state index contributed by atoms with van der Waals surface area (Å²) in [5.74, 6) is 0. The first kappa shape index (κ1) is 12.8. The quantitative estimate of drug-likeness (QED) is 0.760. The van der Waals surface area contributed by atoms with E-state index in [-0.39, 0.29) is 11.3 Å². The summed E-state index contributed by atoms with van der Waals surface area (Å²) >= 11 is 0. The van der Waals surface area contributed by atoms with Crippen molar-refractivity contribution in [1.82, 2.24) is 14.5 Å².